The highest BCUT2D eigenvalue weighted by molar-refractivity contribution is 9.10. The number of likely N-dealkylation sites (tertiary alicyclic amines) is 1. The Bertz CT molecular complexity index is 667. The van der Waals surface area contributed by atoms with Gasteiger partial charge in [0.25, 0.3) is 0 Å². The van der Waals surface area contributed by atoms with E-state index in [9.17, 15) is 14.0 Å². The van der Waals surface area contributed by atoms with Crippen LogP contribution in [0.3, 0.4) is 0 Å². The van der Waals surface area contributed by atoms with Crippen LogP contribution in [0.4, 0.5) is 14.9 Å². The van der Waals surface area contributed by atoms with E-state index in [1.807, 2.05) is 6.07 Å². The third kappa shape index (κ3) is 3.27. The maximum Gasteiger partial charge on any atom is 0.409 e. The van der Waals surface area contributed by atoms with Crippen molar-refractivity contribution in [2.75, 3.05) is 31.6 Å². The van der Waals surface area contributed by atoms with Crippen molar-refractivity contribution in [2.45, 2.75) is 25.7 Å². The minimum Gasteiger partial charge on any atom is -0.453 e. The van der Waals surface area contributed by atoms with Gasteiger partial charge in [0.15, 0.2) is 0 Å². The van der Waals surface area contributed by atoms with E-state index >= 15 is 0 Å². The topological polar surface area (TPSA) is 49.9 Å². The highest BCUT2D eigenvalue weighted by atomic mass is 79.9. The van der Waals surface area contributed by atoms with E-state index < -0.39 is 6.09 Å². The summed E-state index contributed by atoms with van der Waals surface area (Å²) in [5.74, 6) is -0.800. The number of aryl methyl sites for hydroxylation is 1. The normalized spacial score (nSPS) is 20.5. The SMILES string of the molecule is COC(=O)N1CCCC(C(=O)N2CCCc3cc(Br)cc(F)c32)C1. The molecule has 1 unspecified atom stereocenters. The van der Waals surface area contributed by atoms with Crippen LogP contribution in [-0.2, 0) is 16.0 Å². The Hall–Kier alpha value is -1.63. The average Bonchev–Trinajstić information content (AvgIpc) is 2.59. The number of anilines is 1. The number of hydrogen-bond acceptors (Lipinski definition) is 3. The molecule has 0 aromatic heterocycles. The number of piperidine rings is 1. The lowest BCUT2D eigenvalue weighted by Gasteiger charge is -2.36. The van der Waals surface area contributed by atoms with Crippen LogP contribution in [0.1, 0.15) is 24.8 Å². The van der Waals surface area contributed by atoms with Crippen molar-refractivity contribution < 1.29 is 18.7 Å². The van der Waals surface area contributed by atoms with E-state index in [1.54, 1.807) is 9.80 Å². The zero-order chi connectivity index (χ0) is 17.3. The monoisotopic (exact) mass is 398 g/mol. The number of fused-ring (bicyclic) bond motifs is 1. The number of rotatable bonds is 1. The van der Waals surface area contributed by atoms with Gasteiger partial charge in [-0.1, -0.05) is 15.9 Å². The number of ether oxygens (including phenoxy) is 1. The second-order valence-corrected chi connectivity index (χ2v) is 7.16. The zero-order valence-corrected chi connectivity index (χ0v) is 15.1. The minimum absolute atomic E-state index is 0.106. The van der Waals surface area contributed by atoms with E-state index in [-0.39, 0.29) is 17.6 Å². The smallest absolute Gasteiger partial charge is 0.409 e. The van der Waals surface area contributed by atoms with Gasteiger partial charge < -0.3 is 14.5 Å². The maximum absolute atomic E-state index is 14.5. The van der Waals surface area contributed by atoms with Crippen molar-refractivity contribution >= 4 is 33.6 Å². The van der Waals surface area contributed by atoms with Gasteiger partial charge in [-0.3, -0.25) is 4.79 Å². The predicted octanol–water partition coefficient (Wildman–Crippen LogP) is 3.35. The first-order valence-electron chi connectivity index (χ1n) is 8.13. The van der Waals surface area contributed by atoms with E-state index in [0.29, 0.717) is 36.2 Å². The molecule has 24 heavy (non-hydrogen) atoms. The molecular formula is C17H20BrFN2O3. The van der Waals surface area contributed by atoms with Crippen LogP contribution in [0.5, 0.6) is 0 Å². The summed E-state index contributed by atoms with van der Waals surface area (Å²) in [6.45, 7) is 1.43. The molecule has 2 aliphatic rings. The lowest BCUT2D eigenvalue weighted by molar-refractivity contribution is -0.123. The molecule has 2 aliphatic heterocycles. The van der Waals surface area contributed by atoms with Gasteiger partial charge in [-0.25, -0.2) is 9.18 Å². The van der Waals surface area contributed by atoms with Crippen molar-refractivity contribution in [3.8, 4) is 0 Å². The maximum atomic E-state index is 14.5. The molecule has 0 saturated carbocycles. The molecule has 1 aromatic carbocycles. The first-order valence-corrected chi connectivity index (χ1v) is 8.92. The number of amides is 2. The van der Waals surface area contributed by atoms with Crippen LogP contribution in [0.15, 0.2) is 16.6 Å². The summed E-state index contributed by atoms with van der Waals surface area (Å²) in [5, 5.41) is 0. The van der Waals surface area contributed by atoms with E-state index in [2.05, 4.69) is 15.9 Å². The fraction of sp³-hybridized carbons (Fsp3) is 0.529. The number of benzene rings is 1. The Morgan fingerprint density at radius 2 is 2.08 bits per heavy atom. The Morgan fingerprint density at radius 1 is 1.29 bits per heavy atom. The van der Waals surface area contributed by atoms with Crippen LogP contribution < -0.4 is 4.90 Å². The Morgan fingerprint density at radius 3 is 2.83 bits per heavy atom. The van der Waals surface area contributed by atoms with Crippen LogP contribution in [-0.4, -0.2) is 43.6 Å². The molecule has 7 heteroatoms. The van der Waals surface area contributed by atoms with Gasteiger partial charge in [-0.15, -0.1) is 0 Å². The third-order valence-corrected chi connectivity index (χ3v) is 5.13. The third-order valence-electron chi connectivity index (χ3n) is 4.67. The average molecular weight is 399 g/mol. The molecule has 0 radical (unpaired) electrons. The van der Waals surface area contributed by atoms with E-state index in [1.165, 1.54) is 13.2 Å². The molecule has 1 atom stereocenters. The summed E-state index contributed by atoms with van der Waals surface area (Å²) in [7, 11) is 1.34. The van der Waals surface area contributed by atoms with Gasteiger partial charge in [0.1, 0.15) is 5.82 Å². The Balaban J connectivity index is 1.83. The summed E-state index contributed by atoms with van der Waals surface area (Å²) < 4.78 is 19.9. The van der Waals surface area contributed by atoms with Crippen molar-refractivity contribution in [3.63, 3.8) is 0 Å². The summed E-state index contributed by atoms with van der Waals surface area (Å²) >= 11 is 3.31. The molecular weight excluding hydrogens is 379 g/mol. The molecule has 0 N–H and O–H groups in total. The minimum atomic E-state index is -0.415. The van der Waals surface area contributed by atoms with Crippen molar-refractivity contribution in [1.29, 1.82) is 0 Å². The fourth-order valence-electron chi connectivity index (χ4n) is 3.57. The molecule has 0 spiro atoms. The van der Waals surface area contributed by atoms with Crippen molar-refractivity contribution in [2.24, 2.45) is 5.92 Å². The number of halogens is 2. The molecule has 2 amide bonds. The lowest BCUT2D eigenvalue weighted by atomic mass is 9.94. The summed E-state index contributed by atoms with van der Waals surface area (Å²) in [4.78, 5) is 27.8. The Kier molecular flexibility index (Phi) is 5.08. The first kappa shape index (κ1) is 17.2. The van der Waals surface area contributed by atoms with Crippen LogP contribution in [0, 0.1) is 11.7 Å². The van der Waals surface area contributed by atoms with Gasteiger partial charge in [0.2, 0.25) is 5.91 Å². The molecule has 130 valence electrons. The van der Waals surface area contributed by atoms with E-state index in [4.69, 9.17) is 4.74 Å². The highest BCUT2D eigenvalue weighted by Crippen LogP contribution is 2.34. The predicted molar refractivity (Wildman–Crippen MR) is 91.5 cm³/mol. The fourth-order valence-corrected chi connectivity index (χ4v) is 4.04. The van der Waals surface area contributed by atoms with Crippen LogP contribution in [0.25, 0.3) is 0 Å². The van der Waals surface area contributed by atoms with Gasteiger partial charge in [-0.05, 0) is 43.4 Å². The van der Waals surface area contributed by atoms with Crippen molar-refractivity contribution in [3.05, 3.63) is 28.0 Å². The lowest BCUT2D eigenvalue weighted by Crippen LogP contribution is -2.48. The number of methoxy groups -OCH3 is 1. The van der Waals surface area contributed by atoms with Gasteiger partial charge in [0, 0.05) is 24.1 Å². The first-order chi connectivity index (χ1) is 11.5. The molecule has 5 nitrogen and oxygen atoms in total. The summed E-state index contributed by atoms with van der Waals surface area (Å²) in [6, 6.07) is 3.27. The molecule has 1 fully saturated rings. The molecule has 1 aromatic rings. The van der Waals surface area contributed by atoms with Gasteiger partial charge in [0.05, 0.1) is 18.7 Å². The van der Waals surface area contributed by atoms with Gasteiger partial charge in [-0.2, -0.15) is 0 Å². The second kappa shape index (κ2) is 7.09. The van der Waals surface area contributed by atoms with Gasteiger partial charge >= 0.3 is 6.09 Å². The zero-order valence-electron chi connectivity index (χ0n) is 13.6. The quantitative estimate of drug-likeness (QED) is 0.728. The molecule has 2 heterocycles. The number of carbonyl (C=O) groups excluding carboxylic acids is 2. The molecule has 0 aliphatic carbocycles. The summed E-state index contributed by atoms with van der Waals surface area (Å²) in [6.07, 6.45) is 2.60. The van der Waals surface area contributed by atoms with E-state index in [0.717, 1.165) is 24.8 Å². The Labute approximate surface area is 148 Å². The second-order valence-electron chi connectivity index (χ2n) is 6.24. The highest BCUT2D eigenvalue weighted by Gasteiger charge is 2.34. The standard InChI is InChI=1S/C17H20BrFN2O3/c1-24-17(23)20-6-2-5-12(10-20)16(22)21-7-3-4-11-8-13(18)9-14(19)15(11)21/h8-9,12H,2-7,10H2,1H3. The van der Waals surface area contributed by atoms with Crippen LogP contribution >= 0.6 is 15.9 Å². The molecule has 1 saturated heterocycles. The van der Waals surface area contributed by atoms with Crippen LogP contribution in [0.2, 0.25) is 0 Å². The summed E-state index contributed by atoms with van der Waals surface area (Å²) in [5.41, 5.74) is 1.24. The van der Waals surface area contributed by atoms with Crippen molar-refractivity contribution in [1.82, 2.24) is 4.90 Å². The largest absolute Gasteiger partial charge is 0.453 e. The molecule has 0 bridgehead atoms. The number of nitrogens with zero attached hydrogens (tertiary/aromatic N) is 2. The molecule has 3 rings (SSSR count). The number of carbonyl (C=O) groups is 2. The number of hydrogen-bond donors (Lipinski definition) is 0.